The first-order valence-electron chi connectivity index (χ1n) is 8.15. The molecule has 0 bridgehead atoms. The highest BCUT2D eigenvalue weighted by Crippen LogP contribution is 2.19. The highest BCUT2D eigenvalue weighted by Gasteiger charge is 2.19. The van der Waals surface area contributed by atoms with Crippen molar-refractivity contribution in [3.05, 3.63) is 35.4 Å². The molecular formula is C18H29NO2. The third-order valence-electron chi connectivity index (χ3n) is 4.21. The summed E-state index contributed by atoms with van der Waals surface area (Å²) in [6, 6.07) is 9.28. The summed E-state index contributed by atoms with van der Waals surface area (Å²) in [5, 5.41) is 3.65. The van der Waals surface area contributed by atoms with Gasteiger partial charge in [-0.05, 0) is 50.7 Å². The number of ether oxygens (including phenoxy) is 2. The van der Waals surface area contributed by atoms with Crippen LogP contribution in [-0.2, 0) is 22.6 Å². The van der Waals surface area contributed by atoms with E-state index in [0.717, 1.165) is 25.7 Å². The van der Waals surface area contributed by atoms with Gasteiger partial charge in [0.1, 0.15) is 0 Å². The van der Waals surface area contributed by atoms with Gasteiger partial charge in [0.05, 0.1) is 12.7 Å². The summed E-state index contributed by atoms with van der Waals surface area (Å²) in [5.74, 6) is 0.748. The van der Waals surface area contributed by atoms with Gasteiger partial charge in [0.2, 0.25) is 0 Å². The number of nitrogens with one attached hydrogen (secondary N) is 1. The van der Waals surface area contributed by atoms with Gasteiger partial charge in [-0.25, -0.2) is 0 Å². The number of benzene rings is 1. The molecule has 1 unspecified atom stereocenters. The van der Waals surface area contributed by atoms with E-state index < -0.39 is 0 Å². The zero-order chi connectivity index (χ0) is 15.1. The van der Waals surface area contributed by atoms with E-state index in [1.165, 1.54) is 24.0 Å². The van der Waals surface area contributed by atoms with Crippen LogP contribution in [0.15, 0.2) is 24.3 Å². The minimum absolute atomic E-state index is 0.284. The first kappa shape index (κ1) is 16.5. The van der Waals surface area contributed by atoms with Crippen LogP contribution in [0, 0.1) is 5.92 Å². The van der Waals surface area contributed by atoms with E-state index >= 15 is 0 Å². The van der Waals surface area contributed by atoms with E-state index in [9.17, 15) is 0 Å². The number of hydrogen-bond acceptors (Lipinski definition) is 3. The molecule has 0 spiro atoms. The average molecular weight is 291 g/mol. The van der Waals surface area contributed by atoms with Crippen LogP contribution in [0.5, 0.6) is 0 Å². The molecule has 1 saturated heterocycles. The minimum atomic E-state index is 0.284. The predicted molar refractivity (Wildman–Crippen MR) is 86.2 cm³/mol. The Morgan fingerprint density at radius 1 is 1.10 bits per heavy atom. The largest absolute Gasteiger partial charge is 0.381 e. The quantitative estimate of drug-likeness (QED) is 0.834. The normalized spacial score (nSPS) is 18.1. The Morgan fingerprint density at radius 2 is 1.71 bits per heavy atom. The highest BCUT2D eigenvalue weighted by molar-refractivity contribution is 5.22. The molecule has 1 fully saturated rings. The van der Waals surface area contributed by atoms with Crippen LogP contribution in [0.3, 0.4) is 0 Å². The Bertz CT molecular complexity index is 396. The van der Waals surface area contributed by atoms with Crippen molar-refractivity contribution < 1.29 is 9.47 Å². The lowest BCUT2D eigenvalue weighted by atomic mass is 9.93. The molecule has 21 heavy (non-hydrogen) atoms. The maximum atomic E-state index is 5.62. The second-order valence-corrected chi connectivity index (χ2v) is 6.30. The zero-order valence-corrected chi connectivity index (χ0v) is 13.6. The van der Waals surface area contributed by atoms with Crippen LogP contribution in [-0.4, -0.2) is 25.4 Å². The van der Waals surface area contributed by atoms with E-state index in [4.69, 9.17) is 9.47 Å². The molecule has 1 atom stereocenters. The fraction of sp³-hybridized carbons (Fsp3) is 0.667. The first-order chi connectivity index (χ1) is 10.1. The summed E-state index contributed by atoms with van der Waals surface area (Å²) in [6.07, 6.45) is 2.64. The zero-order valence-electron chi connectivity index (χ0n) is 13.6. The molecule has 0 saturated carbocycles. The summed E-state index contributed by atoms with van der Waals surface area (Å²) in [4.78, 5) is 0. The lowest BCUT2D eigenvalue weighted by Gasteiger charge is -2.28. The lowest BCUT2D eigenvalue weighted by molar-refractivity contribution is 0.0558. The van der Waals surface area contributed by atoms with Crippen LogP contribution in [0.2, 0.25) is 0 Å². The Kier molecular flexibility index (Phi) is 6.68. The molecular weight excluding hydrogens is 262 g/mol. The molecule has 3 nitrogen and oxygen atoms in total. The van der Waals surface area contributed by atoms with E-state index in [2.05, 4.69) is 50.4 Å². The Hall–Kier alpha value is -0.900. The molecule has 0 radical (unpaired) electrons. The van der Waals surface area contributed by atoms with E-state index in [1.807, 2.05) is 0 Å². The number of hydrogen-bond donors (Lipinski definition) is 1. The average Bonchev–Trinajstić information content (AvgIpc) is 2.52. The van der Waals surface area contributed by atoms with Crippen molar-refractivity contribution in [3.63, 3.8) is 0 Å². The third kappa shape index (κ3) is 5.77. The second-order valence-electron chi connectivity index (χ2n) is 6.30. The van der Waals surface area contributed by atoms with Gasteiger partial charge in [-0.2, -0.15) is 0 Å². The van der Waals surface area contributed by atoms with Gasteiger partial charge >= 0.3 is 0 Å². The SMILES string of the molecule is CC(C)OCc1ccc(CNC(C)C2CCOCC2)cc1. The van der Waals surface area contributed by atoms with Crippen molar-refractivity contribution in [3.8, 4) is 0 Å². The standard InChI is InChI=1S/C18H29NO2/c1-14(2)21-13-17-6-4-16(5-7-17)12-19-15(3)18-8-10-20-11-9-18/h4-7,14-15,18-19H,8-13H2,1-3H3. The van der Waals surface area contributed by atoms with Crippen LogP contribution in [0.4, 0.5) is 0 Å². The number of rotatable bonds is 7. The molecule has 1 N–H and O–H groups in total. The molecule has 2 rings (SSSR count). The molecule has 1 aliphatic rings. The van der Waals surface area contributed by atoms with E-state index in [1.54, 1.807) is 0 Å². The van der Waals surface area contributed by atoms with Crippen molar-refractivity contribution in [2.24, 2.45) is 5.92 Å². The van der Waals surface area contributed by atoms with Crippen molar-refractivity contribution in [2.75, 3.05) is 13.2 Å². The minimum Gasteiger partial charge on any atom is -0.381 e. The van der Waals surface area contributed by atoms with Gasteiger partial charge in [0.15, 0.2) is 0 Å². The smallest absolute Gasteiger partial charge is 0.0720 e. The summed E-state index contributed by atoms with van der Waals surface area (Å²) in [6.45, 7) is 9.89. The topological polar surface area (TPSA) is 30.5 Å². The van der Waals surface area contributed by atoms with Gasteiger partial charge in [0, 0.05) is 25.8 Å². The molecule has 1 heterocycles. The predicted octanol–water partition coefficient (Wildman–Crippen LogP) is 3.52. The van der Waals surface area contributed by atoms with Crippen molar-refractivity contribution in [2.45, 2.75) is 58.9 Å². The Balaban J connectivity index is 1.74. The maximum absolute atomic E-state index is 5.62. The molecule has 3 heteroatoms. The molecule has 1 aromatic carbocycles. The molecule has 1 aliphatic heterocycles. The van der Waals surface area contributed by atoms with E-state index in [-0.39, 0.29) is 6.10 Å². The Morgan fingerprint density at radius 3 is 2.33 bits per heavy atom. The molecule has 118 valence electrons. The van der Waals surface area contributed by atoms with E-state index in [0.29, 0.717) is 12.6 Å². The molecule has 1 aromatic rings. The van der Waals surface area contributed by atoms with Gasteiger partial charge in [-0.1, -0.05) is 24.3 Å². The second kappa shape index (κ2) is 8.52. The first-order valence-corrected chi connectivity index (χ1v) is 8.15. The van der Waals surface area contributed by atoms with Crippen LogP contribution >= 0.6 is 0 Å². The van der Waals surface area contributed by atoms with Crippen LogP contribution in [0.1, 0.15) is 44.7 Å². The fourth-order valence-electron chi connectivity index (χ4n) is 2.68. The summed E-state index contributed by atoms with van der Waals surface area (Å²) >= 11 is 0. The summed E-state index contributed by atoms with van der Waals surface area (Å²) in [5.41, 5.74) is 2.58. The summed E-state index contributed by atoms with van der Waals surface area (Å²) < 4.78 is 11.0. The maximum Gasteiger partial charge on any atom is 0.0720 e. The highest BCUT2D eigenvalue weighted by atomic mass is 16.5. The summed E-state index contributed by atoms with van der Waals surface area (Å²) in [7, 11) is 0. The monoisotopic (exact) mass is 291 g/mol. The molecule has 0 aliphatic carbocycles. The van der Waals surface area contributed by atoms with Crippen molar-refractivity contribution in [1.29, 1.82) is 0 Å². The van der Waals surface area contributed by atoms with Crippen molar-refractivity contribution >= 4 is 0 Å². The van der Waals surface area contributed by atoms with Crippen LogP contribution in [0.25, 0.3) is 0 Å². The Labute approximate surface area is 129 Å². The van der Waals surface area contributed by atoms with Crippen molar-refractivity contribution in [1.82, 2.24) is 5.32 Å². The van der Waals surface area contributed by atoms with Gasteiger partial charge in [0.25, 0.3) is 0 Å². The molecule has 0 amide bonds. The third-order valence-corrected chi connectivity index (χ3v) is 4.21. The molecule has 0 aromatic heterocycles. The van der Waals surface area contributed by atoms with Gasteiger partial charge in [-0.3, -0.25) is 0 Å². The van der Waals surface area contributed by atoms with Gasteiger partial charge < -0.3 is 14.8 Å². The van der Waals surface area contributed by atoms with Crippen LogP contribution < -0.4 is 5.32 Å². The van der Waals surface area contributed by atoms with Gasteiger partial charge in [-0.15, -0.1) is 0 Å². The lowest BCUT2D eigenvalue weighted by Crippen LogP contribution is -2.36. The fourth-order valence-corrected chi connectivity index (χ4v) is 2.68.